The molecule has 0 radical (unpaired) electrons. The van der Waals surface area contributed by atoms with Crippen LogP contribution >= 0.6 is 0 Å². The lowest BCUT2D eigenvalue weighted by atomic mass is 10.1. The number of pyridine rings is 1. The molecule has 0 spiro atoms. The monoisotopic (exact) mass is 411 g/mol. The fourth-order valence-electron chi connectivity index (χ4n) is 3.56. The summed E-state index contributed by atoms with van der Waals surface area (Å²) in [5.41, 5.74) is 2.70. The molecule has 0 aliphatic heterocycles. The maximum absolute atomic E-state index is 13.5. The van der Waals surface area contributed by atoms with Gasteiger partial charge in [-0.15, -0.1) is 0 Å². The van der Waals surface area contributed by atoms with E-state index in [1.54, 1.807) is 24.4 Å². The summed E-state index contributed by atoms with van der Waals surface area (Å²) in [4.78, 5) is 22.3. The van der Waals surface area contributed by atoms with Crippen molar-refractivity contribution in [1.29, 1.82) is 0 Å². The third kappa shape index (κ3) is 3.21. The number of aromatic nitrogens is 3. The van der Waals surface area contributed by atoms with Crippen molar-refractivity contribution in [2.75, 3.05) is 0 Å². The molecule has 0 N–H and O–H groups in total. The summed E-state index contributed by atoms with van der Waals surface area (Å²) >= 11 is 0. The molecule has 5 rings (SSSR count). The molecule has 0 saturated heterocycles. The first kappa shape index (κ1) is 18.4. The van der Waals surface area contributed by atoms with Crippen LogP contribution in [0.15, 0.2) is 101 Å². The summed E-state index contributed by atoms with van der Waals surface area (Å²) < 4.78 is 15.0. The van der Waals surface area contributed by atoms with Crippen LogP contribution in [0.3, 0.4) is 0 Å². The molecule has 0 fully saturated rings. The van der Waals surface area contributed by atoms with Crippen LogP contribution in [0.2, 0.25) is 0 Å². The Hall–Kier alpha value is -3.64. The Morgan fingerprint density at radius 2 is 1.43 bits per heavy atom. The van der Waals surface area contributed by atoms with Crippen LogP contribution in [0.25, 0.3) is 27.5 Å². The van der Waals surface area contributed by atoms with Gasteiger partial charge in [0.2, 0.25) is 5.16 Å². The summed E-state index contributed by atoms with van der Waals surface area (Å²) in [5, 5.41) is 1.69. The van der Waals surface area contributed by atoms with Gasteiger partial charge in [-0.2, -0.15) is 0 Å². The van der Waals surface area contributed by atoms with Crippen molar-refractivity contribution in [2.45, 2.75) is 10.9 Å². The Morgan fingerprint density at radius 3 is 2.23 bits per heavy atom. The number of benzene rings is 3. The standard InChI is InChI=1S/C24H17N3O2S/c28-23-20-11-5-7-13-22(20)26-24(27(23)18-8-2-1-3-9-18)30(29)16-17-14-15-25-21-12-6-4-10-19(17)21/h1-15H,16H2. The molecule has 0 bridgehead atoms. The van der Waals surface area contributed by atoms with Gasteiger partial charge in [0.15, 0.2) is 0 Å². The molecule has 2 aromatic heterocycles. The number of hydrogen-bond donors (Lipinski definition) is 0. The highest BCUT2D eigenvalue weighted by Gasteiger charge is 2.19. The van der Waals surface area contributed by atoms with Gasteiger partial charge in [0, 0.05) is 11.6 Å². The number of para-hydroxylation sites is 3. The van der Waals surface area contributed by atoms with E-state index < -0.39 is 10.8 Å². The Balaban J connectivity index is 1.69. The second-order valence-electron chi connectivity index (χ2n) is 6.86. The predicted octanol–water partition coefficient (Wildman–Crippen LogP) is 4.24. The zero-order chi connectivity index (χ0) is 20.5. The van der Waals surface area contributed by atoms with Crippen LogP contribution in [0.4, 0.5) is 0 Å². The molecule has 5 nitrogen and oxygen atoms in total. The molecule has 5 aromatic rings. The maximum Gasteiger partial charge on any atom is 0.266 e. The van der Waals surface area contributed by atoms with E-state index in [0.717, 1.165) is 16.5 Å². The third-order valence-electron chi connectivity index (χ3n) is 4.99. The van der Waals surface area contributed by atoms with Gasteiger partial charge in [-0.3, -0.25) is 18.6 Å². The van der Waals surface area contributed by atoms with Crippen molar-refractivity contribution < 1.29 is 4.21 Å². The molecular weight excluding hydrogens is 394 g/mol. The van der Waals surface area contributed by atoms with Crippen LogP contribution in [0, 0.1) is 0 Å². The summed E-state index contributed by atoms with van der Waals surface area (Å²) in [6.45, 7) is 0. The first-order valence-corrected chi connectivity index (χ1v) is 10.8. The number of nitrogens with zero attached hydrogens (tertiary/aromatic N) is 3. The van der Waals surface area contributed by atoms with E-state index in [2.05, 4.69) is 9.97 Å². The Kier molecular flexibility index (Phi) is 4.69. The minimum Gasteiger partial charge on any atom is -0.268 e. The van der Waals surface area contributed by atoms with E-state index in [9.17, 15) is 9.00 Å². The smallest absolute Gasteiger partial charge is 0.266 e. The fourth-order valence-corrected chi connectivity index (χ4v) is 4.81. The number of hydrogen-bond acceptors (Lipinski definition) is 4. The summed E-state index contributed by atoms with van der Waals surface area (Å²) in [6, 6.07) is 26.0. The SMILES string of the molecule is O=c1c2ccccc2nc(S(=O)Cc2ccnc3ccccc23)n1-c1ccccc1. The average molecular weight is 411 g/mol. The van der Waals surface area contributed by atoms with Crippen LogP contribution < -0.4 is 5.56 Å². The van der Waals surface area contributed by atoms with Crippen molar-refractivity contribution in [2.24, 2.45) is 0 Å². The van der Waals surface area contributed by atoms with E-state index in [1.807, 2.05) is 66.7 Å². The van der Waals surface area contributed by atoms with Gasteiger partial charge in [-0.25, -0.2) is 4.98 Å². The van der Waals surface area contributed by atoms with Crippen LogP contribution in [0.5, 0.6) is 0 Å². The maximum atomic E-state index is 13.5. The lowest BCUT2D eigenvalue weighted by molar-refractivity contribution is 0.667. The minimum absolute atomic E-state index is 0.227. The molecule has 0 aliphatic carbocycles. The highest BCUT2D eigenvalue weighted by molar-refractivity contribution is 7.84. The predicted molar refractivity (Wildman–Crippen MR) is 119 cm³/mol. The van der Waals surface area contributed by atoms with Gasteiger partial charge >= 0.3 is 0 Å². The van der Waals surface area contributed by atoms with Crippen molar-refractivity contribution in [3.63, 3.8) is 0 Å². The van der Waals surface area contributed by atoms with E-state index in [4.69, 9.17) is 0 Å². The highest BCUT2D eigenvalue weighted by Crippen LogP contribution is 2.21. The van der Waals surface area contributed by atoms with Crippen LogP contribution in [-0.4, -0.2) is 18.7 Å². The first-order chi connectivity index (χ1) is 14.7. The molecule has 0 saturated carbocycles. The largest absolute Gasteiger partial charge is 0.268 e. The Morgan fingerprint density at radius 1 is 0.767 bits per heavy atom. The molecule has 0 aliphatic rings. The van der Waals surface area contributed by atoms with Crippen LogP contribution in [0.1, 0.15) is 5.56 Å². The topological polar surface area (TPSA) is 64.8 Å². The Bertz CT molecular complexity index is 1460. The number of fused-ring (bicyclic) bond motifs is 2. The molecule has 0 amide bonds. The quantitative estimate of drug-likeness (QED) is 0.415. The highest BCUT2D eigenvalue weighted by atomic mass is 32.2. The van der Waals surface area contributed by atoms with Gasteiger partial charge < -0.3 is 0 Å². The molecule has 6 heteroatoms. The zero-order valence-corrected chi connectivity index (χ0v) is 16.8. The molecule has 3 aromatic carbocycles. The molecule has 30 heavy (non-hydrogen) atoms. The molecular formula is C24H17N3O2S. The average Bonchev–Trinajstić information content (AvgIpc) is 2.80. The van der Waals surface area contributed by atoms with Gasteiger partial charge in [-0.05, 0) is 42.0 Å². The van der Waals surface area contributed by atoms with Crippen molar-refractivity contribution in [1.82, 2.24) is 14.5 Å². The lowest BCUT2D eigenvalue weighted by Gasteiger charge is -2.14. The minimum atomic E-state index is -1.54. The van der Waals surface area contributed by atoms with E-state index in [0.29, 0.717) is 16.6 Å². The fraction of sp³-hybridized carbons (Fsp3) is 0.0417. The van der Waals surface area contributed by atoms with E-state index in [-0.39, 0.29) is 16.5 Å². The molecule has 146 valence electrons. The van der Waals surface area contributed by atoms with Crippen LogP contribution in [-0.2, 0) is 16.6 Å². The summed E-state index contributed by atoms with van der Waals surface area (Å²) in [6.07, 6.45) is 1.72. The van der Waals surface area contributed by atoms with Crippen molar-refractivity contribution in [3.8, 4) is 5.69 Å². The van der Waals surface area contributed by atoms with Gasteiger partial charge in [0.05, 0.1) is 38.7 Å². The van der Waals surface area contributed by atoms with Crippen molar-refractivity contribution in [3.05, 3.63) is 107 Å². The molecule has 2 heterocycles. The first-order valence-electron chi connectivity index (χ1n) is 9.50. The van der Waals surface area contributed by atoms with Gasteiger partial charge in [-0.1, -0.05) is 48.5 Å². The van der Waals surface area contributed by atoms with E-state index >= 15 is 0 Å². The van der Waals surface area contributed by atoms with E-state index in [1.165, 1.54) is 4.57 Å². The zero-order valence-electron chi connectivity index (χ0n) is 15.9. The Labute approximate surface area is 175 Å². The van der Waals surface area contributed by atoms with Gasteiger partial charge in [0.25, 0.3) is 5.56 Å². The molecule has 1 atom stereocenters. The summed E-state index contributed by atoms with van der Waals surface area (Å²) in [5.74, 6) is 0.237. The molecule has 1 unspecified atom stereocenters. The van der Waals surface area contributed by atoms with Gasteiger partial charge in [0.1, 0.15) is 0 Å². The second-order valence-corrected chi connectivity index (χ2v) is 8.21. The normalized spacial score (nSPS) is 12.3. The number of rotatable bonds is 4. The summed E-state index contributed by atoms with van der Waals surface area (Å²) in [7, 11) is -1.54. The second kappa shape index (κ2) is 7.65. The third-order valence-corrected chi connectivity index (χ3v) is 6.24. The lowest BCUT2D eigenvalue weighted by Crippen LogP contribution is -2.24. The van der Waals surface area contributed by atoms with Crippen molar-refractivity contribution >= 4 is 32.6 Å².